The number of benzene rings is 1. The highest BCUT2D eigenvalue weighted by molar-refractivity contribution is 7.91. The highest BCUT2D eigenvalue weighted by atomic mass is 32.2. The minimum Gasteiger partial charge on any atom is -0.389 e. The zero-order valence-electron chi connectivity index (χ0n) is 12.4. The Kier molecular flexibility index (Phi) is 4.19. The molecule has 1 aliphatic rings. The molecule has 0 amide bonds. The van der Waals surface area contributed by atoms with Crippen molar-refractivity contribution in [3.05, 3.63) is 40.3 Å². The van der Waals surface area contributed by atoms with E-state index in [0.29, 0.717) is 30.1 Å². The molecule has 0 saturated heterocycles. The zero-order valence-corrected chi connectivity index (χ0v) is 14.0. The molecule has 0 radical (unpaired) electrons. The number of nitrogen functional groups attached to an aromatic ring is 1. The number of nitrogens with zero attached hydrogens (tertiary/aromatic N) is 2. The average molecular weight is 369 g/mol. The molecule has 1 aromatic carbocycles. The molecular weight excluding hydrogens is 356 g/mol. The largest absolute Gasteiger partial charge is 0.389 e. The van der Waals surface area contributed by atoms with Crippen molar-refractivity contribution in [2.45, 2.75) is 23.6 Å². The summed E-state index contributed by atoms with van der Waals surface area (Å²) in [7, 11) is -4.69. The van der Waals surface area contributed by atoms with Gasteiger partial charge in [-0.1, -0.05) is 12.1 Å². The van der Waals surface area contributed by atoms with Crippen molar-refractivity contribution in [2.75, 3.05) is 17.2 Å². The second-order valence-electron chi connectivity index (χ2n) is 5.30. The molecule has 1 aromatic heterocycles. The van der Waals surface area contributed by atoms with E-state index in [9.17, 15) is 17.2 Å². The topological polar surface area (TPSA) is 87.2 Å². The van der Waals surface area contributed by atoms with Crippen LogP contribution in [0.5, 0.6) is 0 Å². The molecule has 0 fully saturated rings. The van der Waals surface area contributed by atoms with Gasteiger partial charge in [-0.05, 0) is 24.1 Å². The van der Waals surface area contributed by atoms with E-state index in [1.165, 1.54) is 29.5 Å². The zero-order chi connectivity index (χ0) is 17.5. The number of para-hydroxylation sites is 1. The highest BCUT2D eigenvalue weighted by Crippen LogP contribution is 2.38. The number of alkyl halides is 2. The van der Waals surface area contributed by atoms with Gasteiger partial charge in [0, 0.05) is 11.4 Å². The number of anilines is 2. The predicted octanol–water partition coefficient (Wildman–Crippen LogP) is 2.76. The first-order chi connectivity index (χ1) is 11.4. The first kappa shape index (κ1) is 16.7. The molecule has 0 unspecified atom stereocenters. The van der Waals surface area contributed by atoms with Crippen molar-refractivity contribution >= 4 is 31.9 Å². The van der Waals surface area contributed by atoms with Crippen LogP contribution < -0.4 is 10.6 Å². The molecule has 9 heteroatoms. The number of hydrogen-bond acceptors (Lipinski definition) is 6. The maximum atomic E-state index is 12.9. The Balaban J connectivity index is 2.02. The van der Waals surface area contributed by atoms with Crippen molar-refractivity contribution in [3.63, 3.8) is 0 Å². The summed E-state index contributed by atoms with van der Waals surface area (Å²) in [4.78, 5) is 2.21. The molecule has 0 atom stereocenters. The maximum Gasteiger partial charge on any atom is 0.341 e. The molecule has 0 saturated carbocycles. The molecule has 1 aliphatic heterocycles. The van der Waals surface area contributed by atoms with Gasteiger partial charge in [-0.3, -0.25) is 0 Å². The Labute approximate surface area is 141 Å². The first-order valence-electron chi connectivity index (χ1n) is 7.02. The smallest absolute Gasteiger partial charge is 0.341 e. The number of nitriles is 1. The monoisotopic (exact) mass is 369 g/mol. The summed E-state index contributed by atoms with van der Waals surface area (Å²) >= 11 is 1.28. The molecule has 0 spiro atoms. The summed E-state index contributed by atoms with van der Waals surface area (Å²) in [5.41, 5.74) is 7.41. The summed E-state index contributed by atoms with van der Waals surface area (Å²) in [6.45, 7) is 0.759. The van der Waals surface area contributed by atoms with Crippen LogP contribution in [-0.2, 0) is 22.8 Å². The number of halogens is 2. The lowest BCUT2D eigenvalue weighted by Crippen LogP contribution is -2.31. The van der Waals surface area contributed by atoms with Crippen LogP contribution in [0.3, 0.4) is 0 Å². The summed E-state index contributed by atoms with van der Waals surface area (Å²) in [6.07, 6.45) is 0.509. The summed E-state index contributed by atoms with van der Waals surface area (Å²) in [6, 6.07) is 7.82. The molecule has 2 N–H and O–H groups in total. The number of nitrogens with two attached hydrogens (primary N) is 1. The van der Waals surface area contributed by atoms with Crippen LogP contribution in [0.4, 0.5) is 19.5 Å². The highest BCUT2D eigenvalue weighted by Gasteiger charge is 2.32. The van der Waals surface area contributed by atoms with Crippen molar-refractivity contribution in [3.8, 4) is 6.07 Å². The number of fused-ring (bicyclic) bond motifs is 1. The van der Waals surface area contributed by atoms with Crippen molar-refractivity contribution in [1.29, 1.82) is 5.26 Å². The fraction of sp³-hybridized carbons (Fsp3) is 0.267. The molecular formula is C15H13F2N3O2S2. The molecule has 3 rings (SSSR count). The molecule has 0 bridgehead atoms. The van der Waals surface area contributed by atoms with Gasteiger partial charge in [-0.15, -0.1) is 11.3 Å². The van der Waals surface area contributed by atoms with E-state index in [2.05, 4.69) is 6.07 Å². The van der Waals surface area contributed by atoms with Gasteiger partial charge in [0.05, 0.1) is 22.7 Å². The van der Waals surface area contributed by atoms with Crippen LogP contribution in [0.15, 0.2) is 29.2 Å². The van der Waals surface area contributed by atoms with E-state index < -0.39 is 15.6 Å². The SMILES string of the molecule is N#Cc1c(N)sc2c1CCN(c1ccccc1S(=O)(=O)C(F)F)C2. The number of rotatable bonds is 3. The standard InChI is InChI=1S/C15H13F2N3O2S2/c16-15(17)24(21,22)13-4-2-1-3-11(13)20-6-5-9-10(7-18)14(19)23-12(9)8-20/h1-4,15H,5-6,8,19H2. The number of hydrogen-bond donors (Lipinski definition) is 1. The normalized spacial score (nSPS) is 14.5. The van der Waals surface area contributed by atoms with E-state index in [0.717, 1.165) is 10.4 Å². The third-order valence-corrected chi connectivity index (χ3v) is 6.42. The lowest BCUT2D eigenvalue weighted by atomic mass is 10.0. The molecule has 5 nitrogen and oxygen atoms in total. The second-order valence-corrected chi connectivity index (χ2v) is 8.32. The van der Waals surface area contributed by atoms with Crippen LogP contribution in [0, 0.1) is 11.3 Å². The van der Waals surface area contributed by atoms with E-state index >= 15 is 0 Å². The lowest BCUT2D eigenvalue weighted by Gasteiger charge is -2.30. The van der Waals surface area contributed by atoms with Crippen LogP contribution in [0.2, 0.25) is 0 Å². The first-order valence-corrected chi connectivity index (χ1v) is 9.38. The number of thiophene rings is 1. The van der Waals surface area contributed by atoms with E-state index in [-0.39, 0.29) is 10.6 Å². The van der Waals surface area contributed by atoms with Crippen LogP contribution in [0.1, 0.15) is 16.0 Å². The summed E-state index contributed by atoms with van der Waals surface area (Å²) in [5, 5.41) is 9.59. The fourth-order valence-electron chi connectivity index (χ4n) is 2.81. The Hall–Kier alpha value is -2.18. The van der Waals surface area contributed by atoms with Crippen molar-refractivity contribution in [2.24, 2.45) is 0 Å². The van der Waals surface area contributed by atoms with Gasteiger partial charge >= 0.3 is 5.76 Å². The van der Waals surface area contributed by atoms with Gasteiger partial charge < -0.3 is 10.6 Å². The second kappa shape index (κ2) is 6.03. The minimum absolute atomic E-state index is 0.244. The molecule has 0 aliphatic carbocycles. The Morgan fingerprint density at radius 2 is 2.04 bits per heavy atom. The van der Waals surface area contributed by atoms with E-state index in [1.54, 1.807) is 11.0 Å². The Bertz CT molecular complexity index is 933. The molecule has 24 heavy (non-hydrogen) atoms. The van der Waals surface area contributed by atoms with Gasteiger partial charge in [0.1, 0.15) is 11.1 Å². The molecule has 2 aromatic rings. The average Bonchev–Trinajstić information content (AvgIpc) is 2.88. The third-order valence-electron chi connectivity index (χ3n) is 3.94. The van der Waals surface area contributed by atoms with Gasteiger partial charge in [0.15, 0.2) is 0 Å². The van der Waals surface area contributed by atoms with Gasteiger partial charge in [-0.25, -0.2) is 8.42 Å². The summed E-state index contributed by atoms with van der Waals surface area (Å²) < 4.78 is 49.7. The predicted molar refractivity (Wildman–Crippen MR) is 87.8 cm³/mol. The molecule has 2 heterocycles. The Morgan fingerprint density at radius 3 is 2.71 bits per heavy atom. The van der Waals surface area contributed by atoms with Crippen LogP contribution in [0.25, 0.3) is 0 Å². The van der Waals surface area contributed by atoms with Crippen molar-refractivity contribution in [1.82, 2.24) is 0 Å². The Morgan fingerprint density at radius 1 is 1.33 bits per heavy atom. The van der Waals surface area contributed by atoms with Crippen LogP contribution in [-0.4, -0.2) is 20.7 Å². The summed E-state index contributed by atoms with van der Waals surface area (Å²) in [5.74, 6) is -3.47. The quantitative estimate of drug-likeness (QED) is 0.899. The van der Waals surface area contributed by atoms with Crippen LogP contribution >= 0.6 is 11.3 Å². The van der Waals surface area contributed by atoms with Gasteiger partial charge in [-0.2, -0.15) is 14.0 Å². The number of sulfone groups is 1. The fourth-order valence-corrected chi connectivity index (χ4v) is 4.84. The maximum absolute atomic E-state index is 12.9. The third kappa shape index (κ3) is 2.61. The van der Waals surface area contributed by atoms with Crippen molar-refractivity contribution < 1.29 is 17.2 Å². The van der Waals surface area contributed by atoms with E-state index in [4.69, 9.17) is 11.0 Å². The van der Waals surface area contributed by atoms with Gasteiger partial charge in [0.2, 0.25) is 9.84 Å². The van der Waals surface area contributed by atoms with E-state index in [1.807, 2.05) is 0 Å². The van der Waals surface area contributed by atoms with Gasteiger partial charge in [0.25, 0.3) is 0 Å². The molecule has 126 valence electrons. The minimum atomic E-state index is -4.69. The lowest BCUT2D eigenvalue weighted by molar-refractivity contribution is 0.235.